The highest BCUT2D eigenvalue weighted by atomic mass is 32.2. The fraction of sp³-hybridized carbons (Fsp3) is 0.368. The second-order valence-corrected chi connectivity index (χ2v) is 8.13. The maximum absolute atomic E-state index is 13.0. The Bertz CT molecular complexity index is 858. The largest absolute Gasteiger partial charge is 0.497 e. The van der Waals surface area contributed by atoms with Crippen LogP contribution in [0.3, 0.4) is 0 Å². The molecule has 1 aliphatic heterocycles. The molecule has 0 radical (unpaired) electrons. The van der Waals surface area contributed by atoms with E-state index in [1.165, 1.54) is 0 Å². The van der Waals surface area contributed by atoms with E-state index in [1.807, 2.05) is 24.3 Å². The fourth-order valence-corrected chi connectivity index (χ4v) is 4.79. The van der Waals surface area contributed by atoms with Gasteiger partial charge in [0.1, 0.15) is 11.5 Å². The summed E-state index contributed by atoms with van der Waals surface area (Å²) in [4.78, 5) is 2.53. The standard InChI is InChI=1S/C19H24N2O4S/c1-15-14-18(25-3)8-9-19(15)26(22,23)21-12-10-20(11-13-21)16-4-6-17(24-2)7-5-16/h4-9,14H,10-13H2,1-3H3. The summed E-state index contributed by atoms with van der Waals surface area (Å²) in [5, 5.41) is 0. The van der Waals surface area contributed by atoms with Crippen molar-refractivity contribution in [2.24, 2.45) is 0 Å². The van der Waals surface area contributed by atoms with E-state index < -0.39 is 10.0 Å². The third-order valence-corrected chi connectivity index (χ3v) is 6.73. The van der Waals surface area contributed by atoms with Crippen molar-refractivity contribution in [3.8, 4) is 11.5 Å². The summed E-state index contributed by atoms with van der Waals surface area (Å²) in [6.45, 7) is 4.02. The number of benzene rings is 2. The molecule has 0 amide bonds. The van der Waals surface area contributed by atoms with Gasteiger partial charge in [-0.15, -0.1) is 0 Å². The topological polar surface area (TPSA) is 59.1 Å². The SMILES string of the molecule is COc1ccc(N2CCN(S(=O)(=O)c3ccc(OC)cc3C)CC2)cc1. The molecule has 0 unspecified atom stereocenters. The van der Waals surface area contributed by atoms with E-state index in [4.69, 9.17) is 9.47 Å². The molecular formula is C19H24N2O4S. The van der Waals surface area contributed by atoms with Crippen LogP contribution >= 0.6 is 0 Å². The molecule has 3 rings (SSSR count). The van der Waals surface area contributed by atoms with Crippen LogP contribution in [-0.2, 0) is 10.0 Å². The Labute approximate surface area is 155 Å². The van der Waals surface area contributed by atoms with E-state index >= 15 is 0 Å². The van der Waals surface area contributed by atoms with Gasteiger partial charge < -0.3 is 14.4 Å². The molecular weight excluding hydrogens is 352 g/mol. The van der Waals surface area contributed by atoms with E-state index in [2.05, 4.69) is 4.90 Å². The quantitative estimate of drug-likeness (QED) is 0.803. The predicted octanol–water partition coefficient (Wildman–Crippen LogP) is 2.52. The zero-order valence-electron chi connectivity index (χ0n) is 15.3. The number of sulfonamides is 1. The molecule has 0 spiro atoms. The Morgan fingerprint density at radius 3 is 1.96 bits per heavy atom. The Balaban J connectivity index is 1.72. The average Bonchev–Trinajstić information content (AvgIpc) is 2.67. The zero-order valence-corrected chi connectivity index (χ0v) is 16.1. The lowest BCUT2D eigenvalue weighted by Crippen LogP contribution is -2.48. The summed E-state index contributed by atoms with van der Waals surface area (Å²) in [5.41, 5.74) is 1.77. The lowest BCUT2D eigenvalue weighted by molar-refractivity contribution is 0.384. The van der Waals surface area contributed by atoms with Crippen molar-refractivity contribution in [1.82, 2.24) is 4.31 Å². The number of nitrogens with zero attached hydrogens (tertiary/aromatic N) is 2. The highest BCUT2D eigenvalue weighted by molar-refractivity contribution is 7.89. The van der Waals surface area contributed by atoms with Crippen LogP contribution in [0.5, 0.6) is 11.5 Å². The first-order valence-corrected chi connectivity index (χ1v) is 9.93. The zero-order chi connectivity index (χ0) is 18.7. The van der Waals surface area contributed by atoms with E-state index in [0.717, 1.165) is 11.4 Å². The third-order valence-electron chi connectivity index (χ3n) is 4.68. The highest BCUT2D eigenvalue weighted by Gasteiger charge is 2.29. The van der Waals surface area contributed by atoms with Gasteiger partial charge in [-0.25, -0.2) is 8.42 Å². The van der Waals surface area contributed by atoms with Crippen molar-refractivity contribution >= 4 is 15.7 Å². The van der Waals surface area contributed by atoms with Crippen molar-refractivity contribution in [2.75, 3.05) is 45.3 Å². The normalized spacial score (nSPS) is 15.7. The maximum atomic E-state index is 13.0. The third kappa shape index (κ3) is 3.64. The van der Waals surface area contributed by atoms with Crippen LogP contribution < -0.4 is 14.4 Å². The number of hydrogen-bond donors (Lipinski definition) is 0. The molecule has 0 aliphatic carbocycles. The van der Waals surface area contributed by atoms with Crippen molar-refractivity contribution in [3.05, 3.63) is 48.0 Å². The van der Waals surface area contributed by atoms with Crippen LogP contribution in [-0.4, -0.2) is 53.1 Å². The lowest BCUT2D eigenvalue weighted by atomic mass is 10.2. The van der Waals surface area contributed by atoms with Crippen LogP contribution in [0.2, 0.25) is 0 Å². The van der Waals surface area contributed by atoms with Crippen molar-refractivity contribution in [2.45, 2.75) is 11.8 Å². The van der Waals surface area contributed by atoms with Gasteiger partial charge >= 0.3 is 0 Å². The molecule has 1 aliphatic rings. The van der Waals surface area contributed by atoms with Crippen LogP contribution in [0, 0.1) is 6.92 Å². The second-order valence-electron chi connectivity index (χ2n) is 6.22. The molecule has 2 aromatic carbocycles. The van der Waals surface area contributed by atoms with Crippen LogP contribution in [0.1, 0.15) is 5.56 Å². The number of aryl methyl sites for hydroxylation is 1. The summed E-state index contributed by atoms with van der Waals surface area (Å²) >= 11 is 0. The molecule has 26 heavy (non-hydrogen) atoms. The van der Waals surface area contributed by atoms with E-state index in [1.54, 1.807) is 43.6 Å². The minimum Gasteiger partial charge on any atom is -0.497 e. The molecule has 1 saturated heterocycles. The van der Waals surface area contributed by atoms with Gasteiger partial charge in [0.05, 0.1) is 19.1 Å². The molecule has 140 valence electrons. The minimum atomic E-state index is -3.50. The summed E-state index contributed by atoms with van der Waals surface area (Å²) in [5.74, 6) is 1.47. The second kappa shape index (κ2) is 7.55. The van der Waals surface area contributed by atoms with Gasteiger partial charge in [-0.1, -0.05) is 0 Å². The molecule has 0 bridgehead atoms. The summed E-state index contributed by atoms with van der Waals surface area (Å²) in [7, 11) is -0.293. The Kier molecular flexibility index (Phi) is 5.38. The molecule has 0 N–H and O–H groups in total. The summed E-state index contributed by atoms with van der Waals surface area (Å²) in [6.07, 6.45) is 0. The Hall–Kier alpha value is -2.25. The van der Waals surface area contributed by atoms with Crippen molar-refractivity contribution in [1.29, 1.82) is 0 Å². The Morgan fingerprint density at radius 2 is 1.42 bits per heavy atom. The van der Waals surface area contributed by atoms with Crippen LogP contribution in [0.15, 0.2) is 47.4 Å². The fourth-order valence-electron chi connectivity index (χ4n) is 3.16. The predicted molar refractivity (Wildman–Crippen MR) is 102 cm³/mol. The van der Waals surface area contributed by atoms with Gasteiger partial charge in [-0.3, -0.25) is 0 Å². The molecule has 6 nitrogen and oxygen atoms in total. The van der Waals surface area contributed by atoms with Gasteiger partial charge in [0.2, 0.25) is 10.0 Å². The first-order valence-electron chi connectivity index (χ1n) is 8.49. The number of ether oxygens (including phenoxy) is 2. The van der Waals surface area contributed by atoms with Gasteiger partial charge in [0, 0.05) is 31.9 Å². The van der Waals surface area contributed by atoms with Crippen LogP contribution in [0.4, 0.5) is 5.69 Å². The van der Waals surface area contributed by atoms with E-state index in [9.17, 15) is 8.42 Å². The number of anilines is 1. The molecule has 0 saturated carbocycles. The average molecular weight is 376 g/mol. The molecule has 1 fully saturated rings. The Morgan fingerprint density at radius 1 is 0.846 bits per heavy atom. The maximum Gasteiger partial charge on any atom is 0.243 e. The molecule has 7 heteroatoms. The first-order chi connectivity index (χ1) is 12.5. The van der Waals surface area contributed by atoms with E-state index in [-0.39, 0.29) is 0 Å². The summed E-state index contributed by atoms with van der Waals surface area (Å²) < 4.78 is 37.9. The monoisotopic (exact) mass is 376 g/mol. The van der Waals surface area contributed by atoms with Gasteiger partial charge in [0.25, 0.3) is 0 Å². The minimum absolute atomic E-state index is 0.344. The molecule has 2 aromatic rings. The molecule has 0 atom stereocenters. The molecule has 0 aromatic heterocycles. The molecule has 1 heterocycles. The smallest absolute Gasteiger partial charge is 0.243 e. The highest BCUT2D eigenvalue weighted by Crippen LogP contribution is 2.26. The van der Waals surface area contributed by atoms with Crippen molar-refractivity contribution < 1.29 is 17.9 Å². The number of rotatable bonds is 5. The number of hydrogen-bond acceptors (Lipinski definition) is 5. The summed E-state index contributed by atoms with van der Waals surface area (Å²) in [6, 6.07) is 12.9. The van der Waals surface area contributed by atoms with Crippen molar-refractivity contribution in [3.63, 3.8) is 0 Å². The van der Waals surface area contributed by atoms with Gasteiger partial charge in [0.15, 0.2) is 0 Å². The van der Waals surface area contributed by atoms with Crippen LogP contribution in [0.25, 0.3) is 0 Å². The van der Waals surface area contributed by atoms with Gasteiger partial charge in [-0.2, -0.15) is 4.31 Å². The lowest BCUT2D eigenvalue weighted by Gasteiger charge is -2.35. The van der Waals surface area contributed by atoms with E-state index in [0.29, 0.717) is 42.4 Å². The number of methoxy groups -OCH3 is 2. The first kappa shape index (κ1) is 18.5. The van der Waals surface area contributed by atoms with Gasteiger partial charge in [-0.05, 0) is 55.0 Å². The number of piperazine rings is 1.